The van der Waals surface area contributed by atoms with Crippen LogP contribution in [-0.4, -0.2) is 25.7 Å². The second-order valence-electron chi connectivity index (χ2n) is 4.31. The molecule has 0 aromatic heterocycles. The van der Waals surface area contributed by atoms with Crippen molar-refractivity contribution in [1.82, 2.24) is 5.32 Å². The monoisotopic (exact) mass is 199 g/mol. The molecule has 1 N–H and O–H groups in total. The molecule has 1 saturated carbocycles. The molecule has 14 heavy (non-hydrogen) atoms. The Morgan fingerprint density at radius 2 is 2.29 bits per heavy atom. The molecule has 0 radical (unpaired) electrons. The Kier molecular flexibility index (Phi) is 3.93. The number of nitrogens with one attached hydrogen (secondary N) is 1. The molecule has 0 aromatic carbocycles. The smallest absolute Gasteiger partial charge is 0.307 e. The standard InChI is InChI=1S/C11H21NO2/c1-9-6-4-5-7-11(9,12-2)8-10(13)14-3/h9,12H,4-8H2,1-3H3. The van der Waals surface area contributed by atoms with E-state index in [1.165, 1.54) is 26.4 Å². The largest absolute Gasteiger partial charge is 0.469 e. The normalized spacial score (nSPS) is 32.6. The summed E-state index contributed by atoms with van der Waals surface area (Å²) in [6.07, 6.45) is 5.28. The number of carbonyl (C=O) groups is 1. The van der Waals surface area contributed by atoms with E-state index in [4.69, 9.17) is 4.74 Å². The molecule has 0 heterocycles. The summed E-state index contributed by atoms with van der Waals surface area (Å²) in [5.74, 6) is 0.452. The number of hydrogen-bond acceptors (Lipinski definition) is 3. The first-order valence-corrected chi connectivity index (χ1v) is 5.40. The van der Waals surface area contributed by atoms with Crippen molar-refractivity contribution in [3.63, 3.8) is 0 Å². The predicted octanol–water partition coefficient (Wildman–Crippen LogP) is 1.72. The number of ether oxygens (including phenoxy) is 1. The first kappa shape index (κ1) is 11.5. The summed E-state index contributed by atoms with van der Waals surface area (Å²) in [6.45, 7) is 2.22. The van der Waals surface area contributed by atoms with Crippen LogP contribution in [0.25, 0.3) is 0 Å². The summed E-state index contributed by atoms with van der Waals surface area (Å²) < 4.78 is 4.75. The van der Waals surface area contributed by atoms with E-state index in [1.54, 1.807) is 0 Å². The molecule has 2 atom stereocenters. The topological polar surface area (TPSA) is 38.3 Å². The Balaban J connectivity index is 2.67. The number of esters is 1. The molecular weight excluding hydrogens is 178 g/mol. The lowest BCUT2D eigenvalue weighted by atomic mass is 9.72. The Hall–Kier alpha value is -0.570. The van der Waals surface area contributed by atoms with Crippen LogP contribution in [0.5, 0.6) is 0 Å². The fraction of sp³-hybridized carbons (Fsp3) is 0.909. The van der Waals surface area contributed by atoms with E-state index in [1.807, 2.05) is 7.05 Å². The quantitative estimate of drug-likeness (QED) is 0.703. The van der Waals surface area contributed by atoms with Crippen molar-refractivity contribution in [2.75, 3.05) is 14.2 Å². The molecular formula is C11H21NO2. The predicted molar refractivity (Wildman–Crippen MR) is 56.1 cm³/mol. The fourth-order valence-electron chi connectivity index (χ4n) is 2.47. The average molecular weight is 199 g/mol. The first-order chi connectivity index (χ1) is 6.64. The van der Waals surface area contributed by atoms with Gasteiger partial charge in [0.05, 0.1) is 13.5 Å². The van der Waals surface area contributed by atoms with Gasteiger partial charge in [0, 0.05) is 5.54 Å². The Morgan fingerprint density at radius 3 is 2.79 bits per heavy atom. The van der Waals surface area contributed by atoms with E-state index in [2.05, 4.69) is 12.2 Å². The highest BCUT2D eigenvalue weighted by molar-refractivity contribution is 5.70. The van der Waals surface area contributed by atoms with Crippen molar-refractivity contribution in [3.05, 3.63) is 0 Å². The lowest BCUT2D eigenvalue weighted by Crippen LogP contribution is -2.51. The highest BCUT2D eigenvalue weighted by Crippen LogP contribution is 2.35. The molecule has 2 unspecified atom stereocenters. The summed E-state index contributed by atoms with van der Waals surface area (Å²) in [5.41, 5.74) is -0.0225. The van der Waals surface area contributed by atoms with Gasteiger partial charge in [0.2, 0.25) is 0 Å². The molecule has 0 aliphatic heterocycles. The van der Waals surface area contributed by atoms with E-state index in [0.29, 0.717) is 12.3 Å². The molecule has 0 spiro atoms. The van der Waals surface area contributed by atoms with Crippen LogP contribution in [0.4, 0.5) is 0 Å². The minimum absolute atomic E-state index is 0.0225. The molecule has 0 saturated heterocycles. The van der Waals surface area contributed by atoms with Crippen LogP contribution in [0.1, 0.15) is 39.0 Å². The van der Waals surface area contributed by atoms with E-state index < -0.39 is 0 Å². The van der Waals surface area contributed by atoms with Gasteiger partial charge in [-0.1, -0.05) is 19.8 Å². The van der Waals surface area contributed by atoms with Gasteiger partial charge in [-0.05, 0) is 25.8 Å². The SMILES string of the molecule is CNC1(CC(=O)OC)CCCCC1C. The van der Waals surface area contributed by atoms with Gasteiger partial charge >= 0.3 is 5.97 Å². The van der Waals surface area contributed by atoms with E-state index in [0.717, 1.165) is 6.42 Å². The lowest BCUT2D eigenvalue weighted by Gasteiger charge is -2.42. The second kappa shape index (κ2) is 4.78. The highest BCUT2D eigenvalue weighted by Gasteiger charge is 2.38. The van der Waals surface area contributed by atoms with Gasteiger partial charge in [-0.25, -0.2) is 0 Å². The molecule has 3 nitrogen and oxygen atoms in total. The summed E-state index contributed by atoms with van der Waals surface area (Å²) >= 11 is 0. The molecule has 0 amide bonds. The van der Waals surface area contributed by atoms with Gasteiger partial charge in [0.1, 0.15) is 0 Å². The van der Waals surface area contributed by atoms with Crippen LogP contribution in [0.3, 0.4) is 0 Å². The van der Waals surface area contributed by atoms with Crippen LogP contribution in [-0.2, 0) is 9.53 Å². The van der Waals surface area contributed by atoms with Crippen LogP contribution < -0.4 is 5.32 Å². The maximum Gasteiger partial charge on any atom is 0.307 e. The molecule has 1 rings (SSSR count). The van der Waals surface area contributed by atoms with Gasteiger partial charge in [-0.2, -0.15) is 0 Å². The average Bonchev–Trinajstić information content (AvgIpc) is 2.21. The summed E-state index contributed by atoms with van der Waals surface area (Å²) in [7, 11) is 3.41. The maximum absolute atomic E-state index is 11.3. The molecule has 82 valence electrons. The van der Waals surface area contributed by atoms with E-state index in [9.17, 15) is 4.79 Å². The first-order valence-electron chi connectivity index (χ1n) is 5.40. The Bertz CT molecular complexity index is 205. The van der Waals surface area contributed by atoms with E-state index in [-0.39, 0.29) is 11.5 Å². The Labute approximate surface area is 86.2 Å². The maximum atomic E-state index is 11.3. The fourth-order valence-corrected chi connectivity index (χ4v) is 2.47. The van der Waals surface area contributed by atoms with Crippen molar-refractivity contribution in [3.8, 4) is 0 Å². The minimum Gasteiger partial charge on any atom is -0.469 e. The zero-order chi connectivity index (χ0) is 10.6. The highest BCUT2D eigenvalue weighted by atomic mass is 16.5. The van der Waals surface area contributed by atoms with Crippen molar-refractivity contribution < 1.29 is 9.53 Å². The van der Waals surface area contributed by atoms with Crippen molar-refractivity contribution in [2.45, 2.75) is 44.6 Å². The molecule has 1 aliphatic rings. The summed E-state index contributed by atoms with van der Waals surface area (Å²) in [6, 6.07) is 0. The van der Waals surface area contributed by atoms with Crippen molar-refractivity contribution >= 4 is 5.97 Å². The molecule has 3 heteroatoms. The summed E-state index contributed by atoms with van der Waals surface area (Å²) in [5, 5.41) is 3.33. The van der Waals surface area contributed by atoms with Gasteiger partial charge in [-0.15, -0.1) is 0 Å². The zero-order valence-corrected chi connectivity index (χ0v) is 9.43. The molecule has 0 aromatic rings. The Morgan fingerprint density at radius 1 is 1.57 bits per heavy atom. The van der Waals surface area contributed by atoms with Crippen molar-refractivity contribution in [1.29, 1.82) is 0 Å². The third-order valence-electron chi connectivity index (χ3n) is 3.64. The number of carbonyl (C=O) groups excluding carboxylic acids is 1. The number of methoxy groups -OCH3 is 1. The lowest BCUT2D eigenvalue weighted by molar-refractivity contribution is -0.143. The minimum atomic E-state index is -0.104. The third-order valence-corrected chi connectivity index (χ3v) is 3.64. The van der Waals surface area contributed by atoms with Crippen molar-refractivity contribution in [2.24, 2.45) is 5.92 Å². The molecule has 1 aliphatic carbocycles. The summed E-state index contributed by atoms with van der Waals surface area (Å²) in [4.78, 5) is 11.3. The number of rotatable bonds is 3. The van der Waals surface area contributed by atoms with Crippen LogP contribution >= 0.6 is 0 Å². The molecule has 1 fully saturated rings. The van der Waals surface area contributed by atoms with Crippen LogP contribution in [0, 0.1) is 5.92 Å². The van der Waals surface area contributed by atoms with Crippen LogP contribution in [0.2, 0.25) is 0 Å². The number of hydrogen-bond donors (Lipinski definition) is 1. The van der Waals surface area contributed by atoms with Crippen LogP contribution in [0.15, 0.2) is 0 Å². The zero-order valence-electron chi connectivity index (χ0n) is 9.43. The van der Waals surface area contributed by atoms with Gasteiger partial charge in [0.25, 0.3) is 0 Å². The van der Waals surface area contributed by atoms with E-state index >= 15 is 0 Å². The van der Waals surface area contributed by atoms with Gasteiger partial charge < -0.3 is 10.1 Å². The third kappa shape index (κ3) is 2.27. The molecule has 0 bridgehead atoms. The second-order valence-corrected chi connectivity index (χ2v) is 4.31. The van der Waals surface area contributed by atoms with Gasteiger partial charge in [0.15, 0.2) is 0 Å². The van der Waals surface area contributed by atoms with Gasteiger partial charge in [-0.3, -0.25) is 4.79 Å².